The second-order valence-electron chi connectivity index (χ2n) is 4.13. The van der Waals surface area contributed by atoms with Gasteiger partial charge in [-0.2, -0.15) is 4.37 Å². The third-order valence-electron chi connectivity index (χ3n) is 2.81. The molecule has 1 aromatic heterocycles. The SMILES string of the molecule is CCc1nsc(SCC(/C(N)=N/O)c2ccccc2)n1. The molecule has 0 amide bonds. The van der Waals surface area contributed by atoms with Gasteiger partial charge < -0.3 is 10.9 Å². The van der Waals surface area contributed by atoms with Crippen LogP contribution in [0.15, 0.2) is 39.8 Å². The minimum Gasteiger partial charge on any atom is -0.409 e. The molecular formula is C13H16N4OS2. The van der Waals surface area contributed by atoms with E-state index in [1.165, 1.54) is 11.5 Å². The van der Waals surface area contributed by atoms with Crippen LogP contribution in [-0.4, -0.2) is 26.2 Å². The molecule has 7 heteroatoms. The van der Waals surface area contributed by atoms with E-state index in [9.17, 15) is 0 Å². The summed E-state index contributed by atoms with van der Waals surface area (Å²) in [5.41, 5.74) is 6.82. The van der Waals surface area contributed by atoms with Crippen LogP contribution in [0.1, 0.15) is 24.2 Å². The van der Waals surface area contributed by atoms with Gasteiger partial charge in [0, 0.05) is 12.2 Å². The Hall–Kier alpha value is -1.60. The maximum atomic E-state index is 8.93. The summed E-state index contributed by atoms with van der Waals surface area (Å²) in [6, 6.07) is 9.77. The van der Waals surface area contributed by atoms with Gasteiger partial charge in [0.15, 0.2) is 4.34 Å². The summed E-state index contributed by atoms with van der Waals surface area (Å²) in [4.78, 5) is 4.41. The number of thioether (sulfide) groups is 1. The van der Waals surface area contributed by atoms with E-state index in [1.807, 2.05) is 37.3 Å². The topological polar surface area (TPSA) is 84.4 Å². The molecule has 3 N–H and O–H groups in total. The molecule has 0 bridgehead atoms. The van der Waals surface area contributed by atoms with E-state index >= 15 is 0 Å². The van der Waals surface area contributed by atoms with Gasteiger partial charge in [-0.05, 0) is 17.1 Å². The van der Waals surface area contributed by atoms with Gasteiger partial charge in [0.2, 0.25) is 0 Å². The first-order valence-electron chi connectivity index (χ1n) is 6.22. The number of benzene rings is 1. The van der Waals surface area contributed by atoms with Crippen molar-refractivity contribution in [1.82, 2.24) is 9.36 Å². The van der Waals surface area contributed by atoms with Crippen LogP contribution in [0.5, 0.6) is 0 Å². The van der Waals surface area contributed by atoms with Crippen LogP contribution in [0.3, 0.4) is 0 Å². The normalized spacial score (nSPS) is 13.3. The third-order valence-corrected chi connectivity index (χ3v) is 4.78. The second kappa shape index (κ2) is 7.25. The molecule has 0 saturated carbocycles. The van der Waals surface area contributed by atoms with Gasteiger partial charge in [-0.25, -0.2) is 4.98 Å². The lowest BCUT2D eigenvalue weighted by Gasteiger charge is -2.14. The Labute approximate surface area is 126 Å². The summed E-state index contributed by atoms with van der Waals surface area (Å²) in [5.74, 6) is 1.60. The maximum Gasteiger partial charge on any atom is 0.170 e. The minimum absolute atomic E-state index is 0.139. The first kappa shape index (κ1) is 14.8. The highest BCUT2D eigenvalue weighted by Crippen LogP contribution is 2.27. The molecule has 1 heterocycles. The predicted molar refractivity (Wildman–Crippen MR) is 82.6 cm³/mol. The number of aryl methyl sites for hydroxylation is 1. The van der Waals surface area contributed by atoms with Crippen molar-refractivity contribution in [2.24, 2.45) is 10.9 Å². The maximum absolute atomic E-state index is 8.93. The van der Waals surface area contributed by atoms with E-state index < -0.39 is 0 Å². The highest BCUT2D eigenvalue weighted by molar-refractivity contribution is 8.01. The molecule has 0 radical (unpaired) electrons. The molecule has 0 fully saturated rings. The number of hydrogen-bond donors (Lipinski definition) is 2. The number of nitrogens with two attached hydrogens (primary N) is 1. The van der Waals surface area contributed by atoms with Gasteiger partial charge in [0.1, 0.15) is 11.7 Å². The molecule has 1 unspecified atom stereocenters. The average Bonchev–Trinajstić information content (AvgIpc) is 2.96. The Morgan fingerprint density at radius 3 is 2.80 bits per heavy atom. The van der Waals surface area contributed by atoms with Crippen molar-refractivity contribution in [2.45, 2.75) is 23.6 Å². The van der Waals surface area contributed by atoms with Gasteiger partial charge in [-0.3, -0.25) is 0 Å². The van der Waals surface area contributed by atoms with E-state index in [0.29, 0.717) is 5.75 Å². The Morgan fingerprint density at radius 2 is 2.20 bits per heavy atom. The second-order valence-corrected chi connectivity index (χ2v) is 6.15. The van der Waals surface area contributed by atoms with Gasteiger partial charge in [-0.1, -0.05) is 54.2 Å². The molecule has 5 nitrogen and oxygen atoms in total. The Morgan fingerprint density at radius 1 is 1.45 bits per heavy atom. The van der Waals surface area contributed by atoms with E-state index in [2.05, 4.69) is 14.5 Å². The summed E-state index contributed by atoms with van der Waals surface area (Å²) in [6.07, 6.45) is 0.833. The summed E-state index contributed by atoms with van der Waals surface area (Å²) in [6.45, 7) is 2.03. The molecule has 0 spiro atoms. The molecule has 1 atom stereocenters. The van der Waals surface area contributed by atoms with Crippen LogP contribution in [0.2, 0.25) is 0 Å². The molecule has 0 saturated heterocycles. The highest BCUT2D eigenvalue weighted by Gasteiger charge is 2.18. The van der Waals surface area contributed by atoms with Gasteiger partial charge in [0.05, 0.1) is 5.92 Å². The van der Waals surface area contributed by atoms with Crippen molar-refractivity contribution >= 4 is 29.1 Å². The predicted octanol–water partition coefficient (Wildman–Crippen LogP) is 2.72. The Kier molecular flexibility index (Phi) is 5.37. The molecule has 0 aliphatic heterocycles. The molecule has 0 aliphatic rings. The number of hydrogen-bond acceptors (Lipinski definition) is 6. The van der Waals surface area contributed by atoms with E-state index in [4.69, 9.17) is 10.9 Å². The van der Waals surface area contributed by atoms with Gasteiger partial charge in [-0.15, -0.1) is 0 Å². The summed E-state index contributed by atoms with van der Waals surface area (Å²) in [5, 5.41) is 12.1. The lowest BCUT2D eigenvalue weighted by Crippen LogP contribution is -2.23. The van der Waals surface area contributed by atoms with Crippen molar-refractivity contribution in [1.29, 1.82) is 0 Å². The molecule has 0 aliphatic carbocycles. The highest BCUT2D eigenvalue weighted by atomic mass is 32.2. The monoisotopic (exact) mass is 308 g/mol. The zero-order valence-corrected chi connectivity index (χ0v) is 12.7. The van der Waals surface area contributed by atoms with E-state index in [0.717, 1.165) is 22.1 Å². The number of nitrogens with zero attached hydrogens (tertiary/aromatic N) is 3. The summed E-state index contributed by atoms with van der Waals surface area (Å²) < 4.78 is 5.16. The first-order valence-corrected chi connectivity index (χ1v) is 7.98. The number of amidine groups is 1. The fourth-order valence-corrected chi connectivity index (χ4v) is 3.57. The van der Waals surface area contributed by atoms with Crippen LogP contribution >= 0.6 is 23.3 Å². The number of rotatable bonds is 6. The fourth-order valence-electron chi connectivity index (χ4n) is 1.70. The standard InChI is InChI=1S/C13H16N4OS2/c1-2-11-15-13(20-17-11)19-8-10(12(14)16-18)9-6-4-3-5-7-9/h3-7,10,18H,2,8H2,1H3,(H2,14,16). The fraction of sp³-hybridized carbons (Fsp3) is 0.308. The zero-order chi connectivity index (χ0) is 14.4. The van der Waals surface area contributed by atoms with Crippen molar-refractivity contribution in [3.05, 3.63) is 41.7 Å². The minimum atomic E-state index is -0.139. The number of oxime groups is 1. The van der Waals surface area contributed by atoms with Crippen LogP contribution in [0, 0.1) is 0 Å². The molecule has 20 heavy (non-hydrogen) atoms. The van der Waals surface area contributed by atoms with Crippen LogP contribution in [0.25, 0.3) is 0 Å². The largest absolute Gasteiger partial charge is 0.409 e. The van der Waals surface area contributed by atoms with Crippen molar-refractivity contribution in [3.8, 4) is 0 Å². The molecule has 2 aromatic rings. The zero-order valence-electron chi connectivity index (χ0n) is 11.1. The van der Waals surface area contributed by atoms with E-state index in [1.54, 1.807) is 11.8 Å². The van der Waals surface area contributed by atoms with Gasteiger partial charge >= 0.3 is 0 Å². The average molecular weight is 308 g/mol. The van der Waals surface area contributed by atoms with Crippen molar-refractivity contribution < 1.29 is 5.21 Å². The lowest BCUT2D eigenvalue weighted by molar-refractivity contribution is 0.316. The summed E-state index contributed by atoms with van der Waals surface area (Å²) in [7, 11) is 0. The van der Waals surface area contributed by atoms with Gasteiger partial charge in [0.25, 0.3) is 0 Å². The smallest absolute Gasteiger partial charge is 0.170 e. The molecular weight excluding hydrogens is 292 g/mol. The molecule has 1 aromatic carbocycles. The Bertz CT molecular complexity index is 571. The molecule has 2 rings (SSSR count). The van der Waals surface area contributed by atoms with Crippen LogP contribution < -0.4 is 5.73 Å². The van der Waals surface area contributed by atoms with E-state index in [-0.39, 0.29) is 11.8 Å². The number of aromatic nitrogens is 2. The van der Waals surface area contributed by atoms with Crippen LogP contribution in [0.4, 0.5) is 0 Å². The van der Waals surface area contributed by atoms with Crippen molar-refractivity contribution in [2.75, 3.05) is 5.75 Å². The Balaban J connectivity index is 2.09. The summed E-state index contributed by atoms with van der Waals surface area (Å²) >= 11 is 2.97. The first-order chi connectivity index (χ1) is 9.74. The third kappa shape index (κ3) is 3.71. The lowest BCUT2D eigenvalue weighted by atomic mass is 10.0. The quantitative estimate of drug-likeness (QED) is 0.282. The molecule has 106 valence electrons. The van der Waals surface area contributed by atoms with Crippen LogP contribution in [-0.2, 0) is 6.42 Å². The van der Waals surface area contributed by atoms with Crippen molar-refractivity contribution in [3.63, 3.8) is 0 Å².